The van der Waals surface area contributed by atoms with E-state index in [1.54, 1.807) is 0 Å². The van der Waals surface area contributed by atoms with Crippen LogP contribution in [0.25, 0.3) is 0 Å². The van der Waals surface area contributed by atoms with Gasteiger partial charge in [-0.1, -0.05) is 27.7 Å². The number of rotatable bonds is 2. The van der Waals surface area contributed by atoms with Crippen molar-refractivity contribution in [3.63, 3.8) is 0 Å². The lowest BCUT2D eigenvalue weighted by atomic mass is 9.77. The Balaban J connectivity index is 0.00000200. The number of nitrogens with one attached hydrogen (secondary N) is 1. The fourth-order valence-corrected chi connectivity index (χ4v) is 3.15. The number of amides is 1. The lowest BCUT2D eigenvalue weighted by molar-refractivity contribution is -0.135. The molecule has 1 amide bonds. The molecular formula is C16H31ClN2O. The van der Waals surface area contributed by atoms with Gasteiger partial charge in [-0.25, -0.2) is 0 Å². The Kier molecular flexibility index (Phi) is 5.91. The van der Waals surface area contributed by atoms with Gasteiger partial charge < -0.3 is 10.2 Å². The largest absolute Gasteiger partial charge is 0.343 e. The van der Waals surface area contributed by atoms with Gasteiger partial charge in [0.25, 0.3) is 0 Å². The van der Waals surface area contributed by atoms with Gasteiger partial charge in [0.15, 0.2) is 0 Å². The second-order valence-electron chi connectivity index (χ2n) is 7.78. The van der Waals surface area contributed by atoms with Crippen LogP contribution in [0.15, 0.2) is 0 Å². The lowest BCUT2D eigenvalue weighted by Gasteiger charge is -2.39. The molecule has 1 atom stereocenters. The third-order valence-corrected chi connectivity index (χ3v) is 5.47. The molecule has 20 heavy (non-hydrogen) atoms. The number of hydrogen-bond donors (Lipinski definition) is 1. The summed E-state index contributed by atoms with van der Waals surface area (Å²) in [6, 6.07) is 0. The van der Waals surface area contributed by atoms with Crippen LogP contribution in [0.2, 0.25) is 0 Å². The number of likely N-dealkylation sites (tertiary alicyclic amines) is 1. The summed E-state index contributed by atoms with van der Waals surface area (Å²) in [4.78, 5) is 14.5. The second-order valence-corrected chi connectivity index (χ2v) is 7.78. The first-order valence-corrected chi connectivity index (χ1v) is 7.81. The standard InChI is InChI=1S/C16H30N2O.ClH/c1-13(15(2,3)4)11-14(19)18-9-6-16(7-10-18)5-8-17-12-16;/h13,17H,5-12H2,1-4H3;1H. The van der Waals surface area contributed by atoms with Crippen molar-refractivity contribution in [2.75, 3.05) is 26.2 Å². The first kappa shape index (κ1) is 17.8. The van der Waals surface area contributed by atoms with Gasteiger partial charge in [0.05, 0.1) is 0 Å². The lowest BCUT2D eigenvalue weighted by Crippen LogP contribution is -2.44. The Morgan fingerprint density at radius 3 is 2.30 bits per heavy atom. The molecule has 1 N–H and O–H groups in total. The van der Waals surface area contributed by atoms with E-state index in [-0.39, 0.29) is 17.8 Å². The van der Waals surface area contributed by atoms with Crippen molar-refractivity contribution < 1.29 is 4.79 Å². The van der Waals surface area contributed by atoms with Crippen molar-refractivity contribution in [2.45, 2.75) is 53.4 Å². The van der Waals surface area contributed by atoms with Gasteiger partial charge in [-0.05, 0) is 42.6 Å². The molecule has 0 aromatic heterocycles. The molecule has 0 radical (unpaired) electrons. The zero-order chi connectivity index (χ0) is 14.1. The van der Waals surface area contributed by atoms with Crippen molar-refractivity contribution in [1.29, 1.82) is 0 Å². The Morgan fingerprint density at radius 2 is 1.85 bits per heavy atom. The number of halogens is 1. The molecule has 2 aliphatic heterocycles. The molecule has 2 rings (SSSR count). The predicted octanol–water partition coefficient (Wildman–Crippen LogP) is 3.08. The minimum absolute atomic E-state index is 0. The Hall–Kier alpha value is -0.280. The van der Waals surface area contributed by atoms with Gasteiger partial charge in [0, 0.05) is 26.1 Å². The SMILES string of the molecule is CC(CC(=O)N1CCC2(CCNC2)CC1)C(C)(C)C.Cl. The first-order chi connectivity index (χ1) is 8.82. The van der Waals surface area contributed by atoms with Gasteiger partial charge >= 0.3 is 0 Å². The molecule has 0 aromatic carbocycles. The van der Waals surface area contributed by atoms with Crippen molar-refractivity contribution in [2.24, 2.45) is 16.7 Å². The van der Waals surface area contributed by atoms with Crippen LogP contribution in [0.5, 0.6) is 0 Å². The molecule has 2 aliphatic rings. The molecule has 1 spiro atoms. The number of carbonyl (C=O) groups excluding carboxylic acids is 1. The Morgan fingerprint density at radius 1 is 1.25 bits per heavy atom. The highest BCUT2D eigenvalue weighted by Crippen LogP contribution is 2.37. The molecule has 118 valence electrons. The Labute approximate surface area is 130 Å². The fourth-order valence-electron chi connectivity index (χ4n) is 3.15. The van der Waals surface area contributed by atoms with Crippen LogP contribution in [-0.2, 0) is 4.79 Å². The predicted molar refractivity (Wildman–Crippen MR) is 86.2 cm³/mol. The average molecular weight is 303 g/mol. The molecule has 2 heterocycles. The highest BCUT2D eigenvalue weighted by Gasteiger charge is 2.38. The number of piperidine rings is 1. The van der Waals surface area contributed by atoms with E-state index in [4.69, 9.17) is 0 Å². The van der Waals surface area contributed by atoms with E-state index in [0.29, 0.717) is 23.7 Å². The third kappa shape index (κ3) is 4.11. The smallest absolute Gasteiger partial charge is 0.222 e. The molecule has 2 saturated heterocycles. The molecule has 0 saturated carbocycles. The zero-order valence-electron chi connectivity index (χ0n) is 13.5. The van der Waals surface area contributed by atoms with Crippen molar-refractivity contribution >= 4 is 18.3 Å². The van der Waals surface area contributed by atoms with Crippen LogP contribution < -0.4 is 5.32 Å². The van der Waals surface area contributed by atoms with E-state index in [9.17, 15) is 4.79 Å². The summed E-state index contributed by atoms with van der Waals surface area (Å²) >= 11 is 0. The molecule has 1 unspecified atom stereocenters. The van der Waals surface area contributed by atoms with Crippen LogP contribution in [0.1, 0.15) is 53.4 Å². The number of hydrogen-bond acceptors (Lipinski definition) is 2. The highest BCUT2D eigenvalue weighted by atomic mass is 35.5. The van der Waals surface area contributed by atoms with E-state index in [1.807, 2.05) is 0 Å². The van der Waals surface area contributed by atoms with Crippen LogP contribution in [0.4, 0.5) is 0 Å². The molecule has 2 fully saturated rings. The Bertz CT molecular complexity index is 322. The van der Waals surface area contributed by atoms with Gasteiger partial charge in [-0.3, -0.25) is 4.79 Å². The number of carbonyl (C=O) groups is 1. The van der Waals surface area contributed by atoms with Gasteiger partial charge in [-0.2, -0.15) is 0 Å². The normalized spacial score (nSPS) is 23.5. The highest BCUT2D eigenvalue weighted by molar-refractivity contribution is 5.85. The zero-order valence-corrected chi connectivity index (χ0v) is 14.3. The quantitative estimate of drug-likeness (QED) is 0.850. The van der Waals surface area contributed by atoms with E-state index in [1.165, 1.54) is 19.3 Å². The summed E-state index contributed by atoms with van der Waals surface area (Å²) in [5, 5.41) is 3.48. The summed E-state index contributed by atoms with van der Waals surface area (Å²) in [6.07, 6.45) is 4.38. The summed E-state index contributed by atoms with van der Waals surface area (Å²) in [6.45, 7) is 13.1. The van der Waals surface area contributed by atoms with Crippen LogP contribution in [0.3, 0.4) is 0 Å². The maximum absolute atomic E-state index is 12.4. The topological polar surface area (TPSA) is 32.3 Å². The molecule has 4 heteroatoms. The molecule has 0 aromatic rings. The fraction of sp³-hybridized carbons (Fsp3) is 0.938. The van der Waals surface area contributed by atoms with E-state index < -0.39 is 0 Å². The molecular weight excluding hydrogens is 272 g/mol. The third-order valence-electron chi connectivity index (χ3n) is 5.47. The molecule has 3 nitrogen and oxygen atoms in total. The van der Waals surface area contributed by atoms with Crippen molar-refractivity contribution in [3.05, 3.63) is 0 Å². The average Bonchev–Trinajstić information content (AvgIpc) is 2.77. The van der Waals surface area contributed by atoms with Gasteiger partial charge in [0.2, 0.25) is 5.91 Å². The van der Waals surface area contributed by atoms with E-state index >= 15 is 0 Å². The second kappa shape index (κ2) is 6.65. The van der Waals surface area contributed by atoms with Crippen molar-refractivity contribution in [1.82, 2.24) is 10.2 Å². The summed E-state index contributed by atoms with van der Waals surface area (Å²) in [5.74, 6) is 0.812. The van der Waals surface area contributed by atoms with Crippen molar-refractivity contribution in [3.8, 4) is 0 Å². The van der Waals surface area contributed by atoms with Crippen LogP contribution in [-0.4, -0.2) is 37.0 Å². The maximum atomic E-state index is 12.4. The summed E-state index contributed by atoms with van der Waals surface area (Å²) < 4.78 is 0. The summed E-state index contributed by atoms with van der Waals surface area (Å²) in [7, 11) is 0. The first-order valence-electron chi connectivity index (χ1n) is 7.81. The maximum Gasteiger partial charge on any atom is 0.222 e. The van der Waals surface area contributed by atoms with Crippen LogP contribution >= 0.6 is 12.4 Å². The number of nitrogens with zero attached hydrogens (tertiary/aromatic N) is 1. The molecule has 0 bridgehead atoms. The van der Waals surface area contributed by atoms with Gasteiger partial charge in [0.1, 0.15) is 0 Å². The monoisotopic (exact) mass is 302 g/mol. The minimum Gasteiger partial charge on any atom is -0.343 e. The van der Waals surface area contributed by atoms with E-state index in [2.05, 4.69) is 37.9 Å². The van der Waals surface area contributed by atoms with Gasteiger partial charge in [-0.15, -0.1) is 12.4 Å². The van der Waals surface area contributed by atoms with Crippen LogP contribution in [0, 0.1) is 16.7 Å². The minimum atomic E-state index is 0. The summed E-state index contributed by atoms with van der Waals surface area (Å²) in [5.41, 5.74) is 0.731. The molecule has 0 aliphatic carbocycles. The van der Waals surface area contributed by atoms with E-state index in [0.717, 1.165) is 26.2 Å².